The maximum atomic E-state index is 5.79. The summed E-state index contributed by atoms with van der Waals surface area (Å²) in [5.41, 5.74) is 5.70. The molecule has 0 aliphatic heterocycles. The number of hydrogen-bond donors (Lipinski definition) is 1. The van der Waals surface area contributed by atoms with E-state index in [0.29, 0.717) is 5.95 Å². The Morgan fingerprint density at radius 3 is 2.31 bits per heavy atom. The molecule has 0 saturated carbocycles. The molecule has 0 atom stereocenters. The lowest BCUT2D eigenvalue weighted by Crippen LogP contribution is -2.00. The number of benzene rings is 1. The minimum atomic E-state index is 0.512. The molecule has 0 aliphatic carbocycles. The molecule has 26 heavy (non-hydrogen) atoms. The van der Waals surface area contributed by atoms with Crippen LogP contribution in [0.25, 0.3) is 0 Å². The number of aromatic nitrogens is 2. The van der Waals surface area contributed by atoms with Crippen molar-refractivity contribution in [3.05, 3.63) is 47.3 Å². The van der Waals surface area contributed by atoms with E-state index in [2.05, 4.69) is 27.4 Å². The van der Waals surface area contributed by atoms with Gasteiger partial charge in [0.15, 0.2) is 0 Å². The zero-order valence-electron chi connectivity index (χ0n) is 16.2. The van der Waals surface area contributed by atoms with E-state index in [9.17, 15) is 0 Å². The van der Waals surface area contributed by atoms with E-state index < -0.39 is 0 Å². The second-order valence-corrected chi connectivity index (χ2v) is 6.53. The van der Waals surface area contributed by atoms with Gasteiger partial charge < -0.3 is 4.74 Å². The van der Waals surface area contributed by atoms with Gasteiger partial charge in [-0.05, 0) is 56.2 Å². The molecule has 2 aromatic rings. The molecular weight excluding hydrogens is 324 g/mol. The van der Waals surface area contributed by atoms with Gasteiger partial charge >= 0.3 is 0 Å². The predicted molar refractivity (Wildman–Crippen MR) is 108 cm³/mol. The molecule has 0 unspecified atom stereocenters. The van der Waals surface area contributed by atoms with Crippen LogP contribution in [0.5, 0.6) is 5.75 Å². The monoisotopic (exact) mass is 354 g/mol. The summed E-state index contributed by atoms with van der Waals surface area (Å²) in [6.07, 6.45) is 9.39. The summed E-state index contributed by atoms with van der Waals surface area (Å²) in [7, 11) is 0. The highest BCUT2D eigenvalue weighted by Crippen LogP contribution is 2.13. The Bertz CT molecular complexity index is 663. The van der Waals surface area contributed by atoms with Gasteiger partial charge in [-0.15, -0.1) is 0 Å². The molecule has 0 fully saturated rings. The normalized spacial score (nSPS) is 11.0. The third-order valence-corrected chi connectivity index (χ3v) is 4.01. The van der Waals surface area contributed by atoms with Gasteiger partial charge in [0.05, 0.1) is 12.8 Å². The minimum Gasteiger partial charge on any atom is -0.494 e. The first-order chi connectivity index (χ1) is 12.7. The first-order valence-corrected chi connectivity index (χ1v) is 9.51. The second-order valence-electron chi connectivity index (χ2n) is 6.53. The molecule has 2 rings (SSSR count). The molecular formula is C21H30N4O. The number of unbranched alkanes of at least 4 members (excludes halogenated alkanes) is 5. The highest BCUT2D eigenvalue weighted by atomic mass is 16.5. The van der Waals surface area contributed by atoms with Crippen LogP contribution in [0.2, 0.25) is 0 Å². The van der Waals surface area contributed by atoms with Crippen LogP contribution >= 0.6 is 0 Å². The average molecular weight is 354 g/mol. The molecule has 0 saturated heterocycles. The minimum absolute atomic E-state index is 0.512. The van der Waals surface area contributed by atoms with Crippen LogP contribution in [0.4, 0.5) is 5.95 Å². The summed E-state index contributed by atoms with van der Waals surface area (Å²) >= 11 is 0. The summed E-state index contributed by atoms with van der Waals surface area (Å²) < 4.78 is 5.79. The molecule has 1 aromatic carbocycles. The predicted octanol–water partition coefficient (Wildman–Crippen LogP) is 5.28. The Morgan fingerprint density at radius 1 is 0.962 bits per heavy atom. The molecule has 1 heterocycles. The standard InChI is InChI=1S/C21H30N4O/c1-4-5-6-7-8-9-14-26-20-12-10-19(11-13-20)16-22-25-21-23-17(2)15-18(3)24-21/h10-13,15-16H,4-9,14H2,1-3H3,(H,23,24,25)/b22-16+. The lowest BCUT2D eigenvalue weighted by Gasteiger charge is -2.06. The Balaban J connectivity index is 1.71. The first kappa shape index (κ1) is 19.9. The fraction of sp³-hybridized carbons (Fsp3) is 0.476. The molecule has 5 nitrogen and oxygen atoms in total. The Morgan fingerprint density at radius 2 is 1.62 bits per heavy atom. The van der Waals surface area contributed by atoms with Crippen molar-refractivity contribution >= 4 is 12.2 Å². The van der Waals surface area contributed by atoms with Crippen molar-refractivity contribution in [2.75, 3.05) is 12.0 Å². The summed E-state index contributed by atoms with van der Waals surface area (Å²) in [5, 5.41) is 4.19. The van der Waals surface area contributed by atoms with Crippen LogP contribution in [0.1, 0.15) is 62.4 Å². The van der Waals surface area contributed by atoms with Gasteiger partial charge in [-0.2, -0.15) is 5.10 Å². The lowest BCUT2D eigenvalue weighted by atomic mass is 10.1. The molecule has 0 amide bonds. The maximum absolute atomic E-state index is 5.79. The van der Waals surface area contributed by atoms with Crippen LogP contribution in [-0.2, 0) is 0 Å². The van der Waals surface area contributed by atoms with Gasteiger partial charge in [0.1, 0.15) is 5.75 Å². The average Bonchev–Trinajstić information content (AvgIpc) is 2.61. The Kier molecular flexibility index (Phi) is 8.60. The largest absolute Gasteiger partial charge is 0.494 e. The highest BCUT2D eigenvalue weighted by molar-refractivity contribution is 5.80. The fourth-order valence-corrected chi connectivity index (χ4v) is 2.66. The third kappa shape index (κ3) is 7.64. The van der Waals surface area contributed by atoms with E-state index in [4.69, 9.17) is 4.74 Å². The number of rotatable bonds is 11. The van der Waals surface area contributed by atoms with E-state index in [1.165, 1.54) is 32.1 Å². The SMILES string of the molecule is CCCCCCCCOc1ccc(/C=N/Nc2nc(C)cc(C)n2)cc1. The second kappa shape index (κ2) is 11.2. The van der Waals surface area contributed by atoms with Crippen LogP contribution < -0.4 is 10.2 Å². The van der Waals surface area contributed by atoms with E-state index in [1.807, 2.05) is 44.2 Å². The quantitative estimate of drug-likeness (QED) is 0.339. The van der Waals surface area contributed by atoms with Crippen LogP contribution in [0.15, 0.2) is 35.4 Å². The third-order valence-electron chi connectivity index (χ3n) is 4.01. The van der Waals surface area contributed by atoms with Crippen LogP contribution in [0.3, 0.4) is 0 Å². The molecule has 140 valence electrons. The number of aryl methyl sites for hydroxylation is 2. The smallest absolute Gasteiger partial charge is 0.243 e. The molecule has 0 radical (unpaired) electrons. The number of anilines is 1. The van der Waals surface area contributed by atoms with Gasteiger partial charge in [-0.3, -0.25) is 0 Å². The number of hydrazone groups is 1. The van der Waals surface area contributed by atoms with Crippen LogP contribution in [0, 0.1) is 13.8 Å². The first-order valence-electron chi connectivity index (χ1n) is 9.51. The molecule has 5 heteroatoms. The van der Waals surface area contributed by atoms with Crippen molar-refractivity contribution in [1.29, 1.82) is 0 Å². The van der Waals surface area contributed by atoms with E-state index >= 15 is 0 Å². The van der Waals surface area contributed by atoms with Gasteiger partial charge in [-0.25, -0.2) is 15.4 Å². The van der Waals surface area contributed by atoms with Gasteiger partial charge in [0.2, 0.25) is 5.95 Å². The van der Waals surface area contributed by atoms with E-state index in [-0.39, 0.29) is 0 Å². The Labute approximate surface area is 156 Å². The maximum Gasteiger partial charge on any atom is 0.243 e. The number of hydrogen-bond acceptors (Lipinski definition) is 5. The summed E-state index contributed by atoms with van der Waals surface area (Å²) in [5.74, 6) is 1.42. The van der Waals surface area contributed by atoms with Crippen molar-refractivity contribution in [3.8, 4) is 5.75 Å². The number of ether oxygens (including phenoxy) is 1. The summed E-state index contributed by atoms with van der Waals surface area (Å²) in [6, 6.07) is 9.87. The zero-order valence-corrected chi connectivity index (χ0v) is 16.2. The van der Waals surface area contributed by atoms with Crippen molar-refractivity contribution in [3.63, 3.8) is 0 Å². The topological polar surface area (TPSA) is 59.4 Å². The molecule has 0 spiro atoms. The molecule has 0 aliphatic rings. The lowest BCUT2D eigenvalue weighted by molar-refractivity contribution is 0.304. The van der Waals surface area contributed by atoms with E-state index in [1.54, 1.807) is 6.21 Å². The highest BCUT2D eigenvalue weighted by Gasteiger charge is 1.98. The Hall–Kier alpha value is -2.43. The van der Waals surface area contributed by atoms with Gasteiger partial charge in [0.25, 0.3) is 0 Å². The number of nitrogens with zero attached hydrogens (tertiary/aromatic N) is 3. The van der Waals surface area contributed by atoms with E-state index in [0.717, 1.165) is 35.7 Å². The van der Waals surface area contributed by atoms with Gasteiger partial charge in [-0.1, -0.05) is 39.0 Å². The molecule has 1 N–H and O–H groups in total. The van der Waals surface area contributed by atoms with Crippen molar-refractivity contribution in [1.82, 2.24) is 9.97 Å². The van der Waals surface area contributed by atoms with Crippen molar-refractivity contribution < 1.29 is 4.74 Å². The fourth-order valence-electron chi connectivity index (χ4n) is 2.66. The molecule has 1 aromatic heterocycles. The summed E-state index contributed by atoms with van der Waals surface area (Å²) in [6.45, 7) is 6.90. The molecule has 0 bridgehead atoms. The van der Waals surface area contributed by atoms with Crippen molar-refractivity contribution in [2.45, 2.75) is 59.3 Å². The van der Waals surface area contributed by atoms with Crippen LogP contribution in [-0.4, -0.2) is 22.8 Å². The van der Waals surface area contributed by atoms with Crippen molar-refractivity contribution in [2.24, 2.45) is 5.10 Å². The van der Waals surface area contributed by atoms with Gasteiger partial charge in [0, 0.05) is 11.4 Å². The zero-order chi connectivity index (χ0) is 18.6. The number of nitrogens with one attached hydrogen (secondary N) is 1. The summed E-state index contributed by atoms with van der Waals surface area (Å²) in [4.78, 5) is 8.58.